The van der Waals surface area contributed by atoms with E-state index in [0.717, 1.165) is 44.9 Å². The van der Waals surface area contributed by atoms with E-state index in [1.807, 2.05) is 0 Å². The van der Waals surface area contributed by atoms with Gasteiger partial charge in [0.1, 0.15) is 13.2 Å². The van der Waals surface area contributed by atoms with Gasteiger partial charge in [-0.05, 0) is 61.7 Å². The van der Waals surface area contributed by atoms with Gasteiger partial charge < -0.3 is 23.7 Å². The van der Waals surface area contributed by atoms with Gasteiger partial charge in [-0.25, -0.2) is 0 Å². The minimum Gasteiger partial charge on any atom is -0.463 e. The number of hydrogen-bond donors (Lipinski definition) is 0. The zero-order valence-corrected chi connectivity index (χ0v) is 25.4. The summed E-state index contributed by atoms with van der Waals surface area (Å²) in [4.78, 5) is 23.0. The Hall–Kier alpha value is -1.18. The van der Waals surface area contributed by atoms with Crippen LogP contribution in [0.4, 0.5) is 0 Å². The minimum atomic E-state index is -0.268. The van der Waals surface area contributed by atoms with Gasteiger partial charge in [-0.3, -0.25) is 9.59 Å². The lowest BCUT2D eigenvalue weighted by Crippen LogP contribution is -2.58. The molecule has 3 fully saturated rings. The van der Waals surface area contributed by atoms with Crippen LogP contribution >= 0.6 is 0 Å². The summed E-state index contributed by atoms with van der Waals surface area (Å²) in [7, 11) is 0. The topological polar surface area (TPSA) is 80.3 Å². The van der Waals surface area contributed by atoms with Crippen molar-refractivity contribution in [3.63, 3.8) is 0 Å². The van der Waals surface area contributed by atoms with Crippen molar-refractivity contribution >= 4 is 11.9 Å². The molecule has 7 heteroatoms. The van der Waals surface area contributed by atoms with Gasteiger partial charge in [-0.1, -0.05) is 48.5 Å². The Bertz CT molecular complexity index is 782. The van der Waals surface area contributed by atoms with Crippen molar-refractivity contribution in [3.05, 3.63) is 0 Å². The van der Waals surface area contributed by atoms with E-state index in [1.54, 1.807) is 0 Å². The fourth-order valence-corrected chi connectivity index (χ4v) is 7.00. The van der Waals surface area contributed by atoms with Gasteiger partial charge in [-0.15, -0.1) is 0 Å². The average molecular weight is 539 g/mol. The second-order valence-corrected chi connectivity index (χ2v) is 14.0. The summed E-state index contributed by atoms with van der Waals surface area (Å²) < 4.78 is 31.2. The largest absolute Gasteiger partial charge is 0.463 e. The summed E-state index contributed by atoms with van der Waals surface area (Å²) in [5.74, 6) is 0.324. The number of ether oxygens (including phenoxy) is 5. The van der Waals surface area contributed by atoms with Crippen LogP contribution in [0.5, 0.6) is 0 Å². The Balaban J connectivity index is 1.90. The molecule has 0 amide bonds. The SMILES string of the molecule is CCC1CCC(C2OC(COC(C)=O)CCC2C(C)(C)C)C(C2CCC(COC(C)=O)OC2C(C)(C)C)O1. The average Bonchev–Trinajstić information content (AvgIpc) is 2.84. The van der Waals surface area contributed by atoms with Gasteiger partial charge in [0.05, 0.1) is 36.6 Å². The van der Waals surface area contributed by atoms with E-state index in [-0.39, 0.29) is 71.2 Å². The first kappa shape index (κ1) is 31.3. The predicted molar refractivity (Wildman–Crippen MR) is 147 cm³/mol. The van der Waals surface area contributed by atoms with E-state index in [1.165, 1.54) is 13.8 Å². The number of carbonyl (C=O) groups is 2. The Kier molecular flexibility index (Phi) is 10.7. The van der Waals surface area contributed by atoms with E-state index in [9.17, 15) is 9.59 Å². The Morgan fingerprint density at radius 3 is 1.68 bits per heavy atom. The van der Waals surface area contributed by atoms with Gasteiger partial charge in [0, 0.05) is 25.7 Å². The number of rotatable bonds is 7. The lowest BCUT2D eigenvalue weighted by molar-refractivity contribution is -0.236. The fourth-order valence-electron chi connectivity index (χ4n) is 7.00. The second-order valence-electron chi connectivity index (χ2n) is 14.0. The molecule has 38 heavy (non-hydrogen) atoms. The number of esters is 2. The standard InChI is InChI=1S/C31H54O7/c1-10-21-11-14-24(28-26(30(4,5)6)16-13-22(37-28)17-34-19(2)32)27(36-21)25-15-12-23(18-35-20(3)33)38-29(25)31(7,8)9/h21-29H,10-18H2,1-9H3. The van der Waals surface area contributed by atoms with Crippen molar-refractivity contribution in [1.29, 1.82) is 0 Å². The molecule has 0 radical (unpaired) electrons. The van der Waals surface area contributed by atoms with Crippen molar-refractivity contribution in [3.8, 4) is 0 Å². The monoisotopic (exact) mass is 538 g/mol. The first-order chi connectivity index (χ1) is 17.7. The maximum absolute atomic E-state index is 11.5. The van der Waals surface area contributed by atoms with E-state index in [4.69, 9.17) is 23.7 Å². The smallest absolute Gasteiger partial charge is 0.302 e. The van der Waals surface area contributed by atoms with E-state index < -0.39 is 0 Å². The summed E-state index contributed by atoms with van der Waals surface area (Å²) in [6.07, 6.45) is 6.95. The Morgan fingerprint density at radius 2 is 1.16 bits per heavy atom. The van der Waals surface area contributed by atoms with E-state index in [2.05, 4.69) is 48.5 Å². The summed E-state index contributed by atoms with van der Waals surface area (Å²) in [5, 5.41) is 0. The molecule has 3 saturated heterocycles. The maximum atomic E-state index is 11.5. The maximum Gasteiger partial charge on any atom is 0.302 e. The van der Waals surface area contributed by atoms with Crippen LogP contribution in [-0.4, -0.2) is 61.8 Å². The van der Waals surface area contributed by atoms with Gasteiger partial charge >= 0.3 is 11.9 Å². The third-order valence-electron chi connectivity index (χ3n) is 8.90. The molecule has 0 spiro atoms. The quantitative estimate of drug-likeness (QED) is 0.362. The van der Waals surface area contributed by atoms with Crippen LogP contribution in [0.2, 0.25) is 0 Å². The van der Waals surface area contributed by atoms with Crippen LogP contribution in [-0.2, 0) is 33.3 Å². The van der Waals surface area contributed by atoms with Crippen LogP contribution in [0.3, 0.4) is 0 Å². The molecule has 7 nitrogen and oxygen atoms in total. The first-order valence-corrected chi connectivity index (χ1v) is 14.9. The predicted octanol–water partition coefficient (Wildman–Crippen LogP) is 6.11. The molecular weight excluding hydrogens is 484 g/mol. The molecule has 3 rings (SSSR count). The third kappa shape index (κ3) is 8.17. The summed E-state index contributed by atoms with van der Waals surface area (Å²) >= 11 is 0. The lowest BCUT2D eigenvalue weighted by Gasteiger charge is -2.54. The van der Waals surface area contributed by atoms with Crippen molar-refractivity contribution in [2.45, 2.75) is 144 Å². The molecule has 0 N–H and O–H groups in total. The van der Waals surface area contributed by atoms with Crippen LogP contribution < -0.4 is 0 Å². The highest BCUT2D eigenvalue weighted by Crippen LogP contribution is 2.49. The van der Waals surface area contributed by atoms with Gasteiger partial charge in [0.2, 0.25) is 0 Å². The van der Waals surface area contributed by atoms with E-state index >= 15 is 0 Å². The molecule has 3 aliphatic heterocycles. The number of hydrogen-bond acceptors (Lipinski definition) is 7. The van der Waals surface area contributed by atoms with Gasteiger partial charge in [0.25, 0.3) is 0 Å². The second kappa shape index (κ2) is 13.0. The highest BCUT2D eigenvalue weighted by Gasteiger charge is 2.52. The summed E-state index contributed by atoms with van der Waals surface area (Å²) in [5.41, 5.74) is -0.00775. The molecule has 3 aliphatic rings. The lowest BCUT2D eigenvalue weighted by atomic mass is 9.64. The van der Waals surface area contributed by atoms with Crippen LogP contribution in [0.1, 0.15) is 107 Å². The molecule has 3 heterocycles. The molecule has 9 unspecified atom stereocenters. The van der Waals surface area contributed by atoms with E-state index in [0.29, 0.717) is 19.1 Å². The number of carbonyl (C=O) groups excluding carboxylic acids is 2. The molecule has 220 valence electrons. The highest BCUT2D eigenvalue weighted by molar-refractivity contribution is 5.66. The van der Waals surface area contributed by atoms with Crippen LogP contribution in [0, 0.1) is 28.6 Å². The summed E-state index contributed by atoms with van der Waals surface area (Å²) in [6, 6.07) is 0. The molecule has 0 aromatic carbocycles. The summed E-state index contributed by atoms with van der Waals surface area (Å²) in [6.45, 7) is 19.4. The van der Waals surface area contributed by atoms with Crippen molar-refractivity contribution in [2.75, 3.05) is 13.2 Å². The van der Waals surface area contributed by atoms with Crippen molar-refractivity contribution in [1.82, 2.24) is 0 Å². The molecule has 0 aromatic heterocycles. The Labute approximate surface area is 231 Å². The van der Waals surface area contributed by atoms with Gasteiger partial charge in [0.15, 0.2) is 0 Å². The zero-order valence-electron chi connectivity index (χ0n) is 25.4. The third-order valence-corrected chi connectivity index (χ3v) is 8.90. The normalized spacial score (nSPS) is 36.9. The highest BCUT2D eigenvalue weighted by atomic mass is 16.6. The molecule has 0 aromatic rings. The van der Waals surface area contributed by atoms with Crippen molar-refractivity contribution in [2.24, 2.45) is 28.6 Å². The minimum absolute atomic E-state index is 0.0200. The molecule has 0 saturated carbocycles. The first-order valence-electron chi connectivity index (χ1n) is 14.9. The Morgan fingerprint density at radius 1 is 0.658 bits per heavy atom. The fraction of sp³-hybridized carbons (Fsp3) is 0.935. The zero-order chi connectivity index (χ0) is 28.3. The van der Waals surface area contributed by atoms with Crippen LogP contribution in [0.25, 0.3) is 0 Å². The molecule has 0 aliphatic carbocycles. The molecular formula is C31H54O7. The van der Waals surface area contributed by atoms with Crippen molar-refractivity contribution < 1.29 is 33.3 Å². The molecule has 9 atom stereocenters. The van der Waals surface area contributed by atoms with Crippen LogP contribution in [0.15, 0.2) is 0 Å². The molecule has 0 bridgehead atoms. The van der Waals surface area contributed by atoms with Gasteiger partial charge in [-0.2, -0.15) is 0 Å².